The van der Waals surface area contributed by atoms with Crippen LogP contribution in [0.4, 0.5) is 5.82 Å². The molecule has 2 unspecified atom stereocenters. The van der Waals surface area contributed by atoms with E-state index in [2.05, 4.69) is 22.7 Å². The first-order chi connectivity index (χ1) is 9.61. The number of hydrazine groups is 1. The molecule has 5 nitrogen and oxygen atoms in total. The summed E-state index contributed by atoms with van der Waals surface area (Å²) >= 11 is 5.96. The number of nitrogens with zero attached hydrogens (tertiary/aromatic N) is 1. The third kappa shape index (κ3) is 3.61. The number of nitrogen functional groups attached to an aromatic ring is 1. The maximum Gasteiger partial charge on any atom is 0.252 e. The van der Waals surface area contributed by atoms with E-state index in [-0.39, 0.29) is 5.91 Å². The highest BCUT2D eigenvalue weighted by Gasteiger charge is 2.22. The first-order valence-electron chi connectivity index (χ1n) is 7.02. The molecule has 1 heterocycles. The van der Waals surface area contributed by atoms with Crippen LogP contribution < -0.4 is 16.6 Å². The molecule has 1 aromatic rings. The lowest BCUT2D eigenvalue weighted by atomic mass is 9.80. The second kappa shape index (κ2) is 6.90. The monoisotopic (exact) mass is 296 g/mol. The van der Waals surface area contributed by atoms with Crippen molar-refractivity contribution in [2.75, 3.05) is 12.0 Å². The molecule has 1 saturated carbocycles. The topological polar surface area (TPSA) is 80.0 Å². The van der Waals surface area contributed by atoms with Gasteiger partial charge in [-0.25, -0.2) is 10.8 Å². The number of halogens is 1. The summed E-state index contributed by atoms with van der Waals surface area (Å²) in [6.07, 6.45) is 6.48. The van der Waals surface area contributed by atoms with Gasteiger partial charge in [0.25, 0.3) is 5.91 Å². The van der Waals surface area contributed by atoms with E-state index in [0.29, 0.717) is 34.8 Å². The van der Waals surface area contributed by atoms with Gasteiger partial charge in [-0.2, -0.15) is 0 Å². The molecule has 1 aliphatic rings. The Kier molecular flexibility index (Phi) is 5.20. The van der Waals surface area contributed by atoms with Gasteiger partial charge in [0.1, 0.15) is 0 Å². The summed E-state index contributed by atoms with van der Waals surface area (Å²) in [5.41, 5.74) is 2.83. The fourth-order valence-electron chi connectivity index (χ4n) is 2.69. The molecule has 4 N–H and O–H groups in total. The number of carbonyl (C=O) groups is 1. The summed E-state index contributed by atoms with van der Waals surface area (Å²) in [4.78, 5) is 16.1. The van der Waals surface area contributed by atoms with Gasteiger partial charge in [0.05, 0.1) is 10.6 Å². The van der Waals surface area contributed by atoms with E-state index in [0.717, 1.165) is 0 Å². The molecule has 1 amide bonds. The molecular formula is C14H21ClN4O. The van der Waals surface area contributed by atoms with Gasteiger partial charge >= 0.3 is 0 Å². The van der Waals surface area contributed by atoms with Crippen molar-refractivity contribution in [2.45, 2.75) is 32.6 Å². The molecular weight excluding hydrogens is 276 g/mol. The maximum atomic E-state index is 12.1. The Bertz CT molecular complexity index is 480. The number of rotatable bonds is 4. The Morgan fingerprint density at radius 1 is 1.50 bits per heavy atom. The molecule has 0 spiro atoms. The fraction of sp³-hybridized carbons (Fsp3) is 0.571. The Morgan fingerprint density at radius 2 is 2.25 bits per heavy atom. The number of nitrogens with one attached hydrogen (secondary N) is 2. The summed E-state index contributed by atoms with van der Waals surface area (Å²) in [6, 6.07) is 1.57. The molecule has 0 aromatic carbocycles. The second-order valence-electron chi connectivity index (χ2n) is 5.43. The van der Waals surface area contributed by atoms with Gasteiger partial charge in [-0.05, 0) is 24.3 Å². The van der Waals surface area contributed by atoms with Crippen LogP contribution in [0.1, 0.15) is 43.0 Å². The summed E-state index contributed by atoms with van der Waals surface area (Å²) in [7, 11) is 0. The average Bonchev–Trinajstić information content (AvgIpc) is 2.46. The lowest BCUT2D eigenvalue weighted by Crippen LogP contribution is -2.33. The van der Waals surface area contributed by atoms with Crippen LogP contribution in [0.15, 0.2) is 12.3 Å². The van der Waals surface area contributed by atoms with Crippen molar-refractivity contribution in [3.05, 3.63) is 22.8 Å². The van der Waals surface area contributed by atoms with Crippen molar-refractivity contribution in [1.29, 1.82) is 0 Å². The van der Waals surface area contributed by atoms with Crippen molar-refractivity contribution < 1.29 is 4.79 Å². The molecule has 110 valence electrons. The van der Waals surface area contributed by atoms with Crippen molar-refractivity contribution in [1.82, 2.24) is 10.3 Å². The molecule has 1 aliphatic carbocycles. The number of anilines is 1. The number of aromatic nitrogens is 1. The van der Waals surface area contributed by atoms with E-state index >= 15 is 0 Å². The highest BCUT2D eigenvalue weighted by Crippen LogP contribution is 2.29. The largest absolute Gasteiger partial charge is 0.352 e. The van der Waals surface area contributed by atoms with Crippen LogP contribution in [-0.4, -0.2) is 17.4 Å². The maximum absolute atomic E-state index is 12.1. The van der Waals surface area contributed by atoms with Gasteiger partial charge in [-0.15, -0.1) is 0 Å². The highest BCUT2D eigenvalue weighted by atomic mass is 35.5. The first kappa shape index (κ1) is 15.1. The van der Waals surface area contributed by atoms with Gasteiger partial charge in [0.15, 0.2) is 5.82 Å². The zero-order chi connectivity index (χ0) is 14.5. The number of carbonyl (C=O) groups excluding carboxylic acids is 1. The predicted octanol–water partition coefficient (Wildman–Crippen LogP) is 2.58. The number of amides is 1. The summed E-state index contributed by atoms with van der Waals surface area (Å²) in [5.74, 6) is 6.72. The van der Waals surface area contributed by atoms with Crippen LogP contribution in [0.25, 0.3) is 0 Å². The molecule has 1 fully saturated rings. The van der Waals surface area contributed by atoms with E-state index < -0.39 is 0 Å². The minimum atomic E-state index is -0.138. The quantitative estimate of drug-likeness (QED) is 0.589. The summed E-state index contributed by atoms with van der Waals surface area (Å²) < 4.78 is 0. The SMILES string of the molecule is CC1CCCCC1CNC(=O)c1cnc(NN)c(Cl)c1. The minimum Gasteiger partial charge on any atom is -0.352 e. The molecule has 6 heteroatoms. The van der Waals surface area contributed by atoms with Gasteiger partial charge in [-0.1, -0.05) is 37.8 Å². The molecule has 0 bridgehead atoms. The average molecular weight is 297 g/mol. The van der Waals surface area contributed by atoms with Crippen LogP contribution in [0.3, 0.4) is 0 Å². The van der Waals surface area contributed by atoms with Crippen molar-refractivity contribution >= 4 is 23.3 Å². The number of pyridine rings is 1. The van der Waals surface area contributed by atoms with E-state index in [1.54, 1.807) is 6.07 Å². The molecule has 0 saturated heterocycles. The predicted molar refractivity (Wildman–Crippen MR) is 80.5 cm³/mol. The van der Waals surface area contributed by atoms with Crippen LogP contribution in [-0.2, 0) is 0 Å². The molecule has 2 atom stereocenters. The summed E-state index contributed by atoms with van der Waals surface area (Å²) in [6.45, 7) is 2.98. The zero-order valence-electron chi connectivity index (χ0n) is 11.7. The standard InChI is InChI=1S/C14H21ClN4O/c1-9-4-2-3-5-10(9)7-18-14(20)11-6-12(15)13(19-16)17-8-11/h6,8-10H,2-5,7,16H2,1H3,(H,17,19)(H,18,20). The first-order valence-corrected chi connectivity index (χ1v) is 7.40. The molecule has 0 aliphatic heterocycles. The Hall–Kier alpha value is -1.33. The lowest BCUT2D eigenvalue weighted by Gasteiger charge is -2.28. The minimum absolute atomic E-state index is 0.138. The van der Waals surface area contributed by atoms with Gasteiger partial charge < -0.3 is 10.7 Å². The zero-order valence-corrected chi connectivity index (χ0v) is 12.4. The number of hydrogen-bond acceptors (Lipinski definition) is 4. The van der Waals surface area contributed by atoms with E-state index in [4.69, 9.17) is 17.4 Å². The number of nitrogens with two attached hydrogens (primary N) is 1. The molecule has 2 rings (SSSR count). The molecule has 0 radical (unpaired) electrons. The third-order valence-corrected chi connectivity index (χ3v) is 4.34. The Morgan fingerprint density at radius 3 is 2.90 bits per heavy atom. The lowest BCUT2D eigenvalue weighted by molar-refractivity contribution is 0.0936. The number of hydrogen-bond donors (Lipinski definition) is 3. The smallest absolute Gasteiger partial charge is 0.252 e. The molecule has 1 aromatic heterocycles. The normalized spacial score (nSPS) is 22.4. The van der Waals surface area contributed by atoms with Crippen LogP contribution in [0.5, 0.6) is 0 Å². The van der Waals surface area contributed by atoms with Gasteiger partial charge in [0.2, 0.25) is 0 Å². The Labute approximate surface area is 124 Å². The van der Waals surface area contributed by atoms with Crippen molar-refractivity contribution in [2.24, 2.45) is 17.7 Å². The van der Waals surface area contributed by atoms with Crippen LogP contribution in [0.2, 0.25) is 5.02 Å². The van der Waals surface area contributed by atoms with Gasteiger partial charge in [-0.3, -0.25) is 4.79 Å². The van der Waals surface area contributed by atoms with E-state index in [1.807, 2.05) is 0 Å². The second-order valence-corrected chi connectivity index (χ2v) is 5.84. The van der Waals surface area contributed by atoms with E-state index in [9.17, 15) is 4.79 Å². The van der Waals surface area contributed by atoms with Crippen LogP contribution in [0, 0.1) is 11.8 Å². The fourth-order valence-corrected chi connectivity index (χ4v) is 2.91. The van der Waals surface area contributed by atoms with Crippen molar-refractivity contribution in [3.8, 4) is 0 Å². The molecule has 20 heavy (non-hydrogen) atoms. The van der Waals surface area contributed by atoms with E-state index in [1.165, 1.54) is 31.9 Å². The van der Waals surface area contributed by atoms with Crippen LogP contribution >= 0.6 is 11.6 Å². The Balaban J connectivity index is 1.93. The third-order valence-electron chi connectivity index (χ3n) is 4.05. The van der Waals surface area contributed by atoms with Crippen molar-refractivity contribution in [3.63, 3.8) is 0 Å². The summed E-state index contributed by atoms with van der Waals surface area (Å²) in [5, 5.41) is 3.31. The highest BCUT2D eigenvalue weighted by molar-refractivity contribution is 6.33. The van der Waals surface area contributed by atoms with Gasteiger partial charge in [0, 0.05) is 12.7 Å².